The van der Waals surface area contributed by atoms with E-state index < -0.39 is 0 Å². The van der Waals surface area contributed by atoms with Crippen LogP contribution in [0.1, 0.15) is 62.0 Å². The molecular formula is C25H28O4. The summed E-state index contributed by atoms with van der Waals surface area (Å²) in [5.74, 6) is 1.97. The van der Waals surface area contributed by atoms with Gasteiger partial charge in [0, 0.05) is 23.3 Å². The SMILES string of the molecule is CC(C)=CCc1cc2c(cc1O)O[C@H]1c3cc(CC=C(C)C)c(O)cc3OC[C@@H]21. The van der Waals surface area contributed by atoms with Crippen molar-refractivity contribution in [2.45, 2.75) is 52.6 Å². The van der Waals surface area contributed by atoms with Gasteiger partial charge in [0.2, 0.25) is 0 Å². The molecule has 2 aromatic carbocycles. The fourth-order valence-corrected chi connectivity index (χ4v) is 3.98. The van der Waals surface area contributed by atoms with Crippen LogP contribution in [0.4, 0.5) is 0 Å². The maximum atomic E-state index is 10.4. The third-order valence-corrected chi connectivity index (χ3v) is 5.63. The Bertz CT molecular complexity index is 1010. The average molecular weight is 392 g/mol. The monoisotopic (exact) mass is 392 g/mol. The molecule has 2 atom stereocenters. The van der Waals surface area contributed by atoms with Crippen molar-refractivity contribution in [2.24, 2.45) is 0 Å². The molecule has 0 unspecified atom stereocenters. The van der Waals surface area contributed by atoms with Gasteiger partial charge in [-0.05, 0) is 63.8 Å². The molecule has 2 N–H and O–H groups in total. The summed E-state index contributed by atoms with van der Waals surface area (Å²) >= 11 is 0. The van der Waals surface area contributed by atoms with E-state index in [0.29, 0.717) is 30.9 Å². The van der Waals surface area contributed by atoms with Crippen LogP contribution in [0, 0.1) is 0 Å². The maximum absolute atomic E-state index is 10.4. The fourth-order valence-electron chi connectivity index (χ4n) is 3.98. The van der Waals surface area contributed by atoms with Crippen LogP contribution in [-0.4, -0.2) is 16.8 Å². The molecule has 2 aliphatic rings. The van der Waals surface area contributed by atoms with E-state index in [1.54, 1.807) is 12.1 Å². The van der Waals surface area contributed by atoms with Gasteiger partial charge in [-0.25, -0.2) is 0 Å². The Balaban J connectivity index is 1.69. The highest BCUT2D eigenvalue weighted by Gasteiger charge is 2.41. The van der Waals surface area contributed by atoms with Gasteiger partial charge >= 0.3 is 0 Å². The van der Waals surface area contributed by atoms with Crippen LogP contribution in [-0.2, 0) is 12.8 Å². The lowest BCUT2D eigenvalue weighted by molar-refractivity contribution is 0.139. The number of fused-ring (bicyclic) bond motifs is 5. The first-order chi connectivity index (χ1) is 13.8. The summed E-state index contributed by atoms with van der Waals surface area (Å²) < 4.78 is 12.3. The summed E-state index contributed by atoms with van der Waals surface area (Å²) in [6.45, 7) is 8.69. The van der Waals surface area contributed by atoms with Crippen molar-refractivity contribution in [2.75, 3.05) is 6.61 Å². The summed E-state index contributed by atoms with van der Waals surface area (Å²) in [5.41, 5.74) is 6.22. The number of benzene rings is 2. The zero-order chi connectivity index (χ0) is 20.7. The largest absolute Gasteiger partial charge is 0.508 e. The standard InChI is InChI=1S/C25H28O4/c1-14(2)5-7-16-9-18-20-13-28-23-11-21(26)17(8-6-15(3)4)10-19(23)25(20)29-24(18)12-22(16)27/h5-6,9-12,20,25-27H,7-8,13H2,1-4H3/t20-,25-/m0/s1. The number of aromatic hydroxyl groups is 2. The van der Waals surface area contributed by atoms with Crippen LogP contribution in [0.5, 0.6) is 23.0 Å². The quantitative estimate of drug-likeness (QED) is 0.653. The second-order valence-electron chi connectivity index (χ2n) is 8.46. The molecule has 2 aliphatic heterocycles. The topological polar surface area (TPSA) is 58.9 Å². The van der Waals surface area contributed by atoms with Crippen molar-refractivity contribution in [3.8, 4) is 23.0 Å². The number of phenols is 2. The van der Waals surface area contributed by atoms with Crippen LogP contribution in [0.15, 0.2) is 47.6 Å². The second-order valence-corrected chi connectivity index (χ2v) is 8.46. The number of allylic oxidation sites excluding steroid dienone is 4. The zero-order valence-corrected chi connectivity index (χ0v) is 17.5. The molecule has 0 amide bonds. The Morgan fingerprint density at radius 3 is 2.00 bits per heavy atom. The van der Waals surface area contributed by atoms with Gasteiger partial charge in [-0.3, -0.25) is 0 Å². The molecule has 0 bridgehead atoms. The van der Waals surface area contributed by atoms with E-state index in [-0.39, 0.29) is 23.5 Å². The summed E-state index contributed by atoms with van der Waals surface area (Å²) in [5, 5.41) is 20.8. The molecule has 152 valence electrons. The third kappa shape index (κ3) is 3.71. The molecule has 0 radical (unpaired) electrons. The lowest BCUT2D eigenvalue weighted by atomic mass is 9.87. The molecule has 29 heavy (non-hydrogen) atoms. The molecule has 0 spiro atoms. The summed E-state index contributed by atoms with van der Waals surface area (Å²) in [7, 11) is 0. The molecule has 4 heteroatoms. The van der Waals surface area contributed by atoms with Gasteiger partial charge in [0.05, 0.1) is 12.5 Å². The molecule has 0 fully saturated rings. The number of ether oxygens (including phenoxy) is 2. The van der Waals surface area contributed by atoms with Crippen LogP contribution >= 0.6 is 0 Å². The highest BCUT2D eigenvalue weighted by atomic mass is 16.5. The highest BCUT2D eigenvalue weighted by molar-refractivity contribution is 5.56. The maximum Gasteiger partial charge on any atom is 0.138 e. The van der Waals surface area contributed by atoms with Gasteiger partial charge in [-0.15, -0.1) is 0 Å². The van der Waals surface area contributed by atoms with E-state index in [0.717, 1.165) is 22.3 Å². The number of phenolic OH excluding ortho intramolecular Hbond substituents is 2. The Kier molecular flexibility index (Phi) is 5.03. The molecular weight excluding hydrogens is 364 g/mol. The van der Waals surface area contributed by atoms with E-state index >= 15 is 0 Å². The Hall–Kier alpha value is -2.88. The van der Waals surface area contributed by atoms with E-state index in [2.05, 4.69) is 26.0 Å². The second kappa shape index (κ2) is 7.51. The van der Waals surface area contributed by atoms with E-state index in [1.165, 1.54) is 11.1 Å². The Morgan fingerprint density at radius 2 is 1.41 bits per heavy atom. The van der Waals surface area contributed by atoms with Crippen LogP contribution in [0.25, 0.3) is 0 Å². The van der Waals surface area contributed by atoms with Gasteiger partial charge in [0.15, 0.2) is 0 Å². The molecule has 4 nitrogen and oxygen atoms in total. The van der Waals surface area contributed by atoms with E-state index in [4.69, 9.17) is 9.47 Å². The smallest absolute Gasteiger partial charge is 0.138 e. The average Bonchev–Trinajstić information content (AvgIpc) is 3.01. The highest BCUT2D eigenvalue weighted by Crippen LogP contribution is 2.53. The van der Waals surface area contributed by atoms with Gasteiger partial charge < -0.3 is 19.7 Å². The Morgan fingerprint density at radius 1 is 0.862 bits per heavy atom. The van der Waals surface area contributed by atoms with E-state index in [9.17, 15) is 10.2 Å². The predicted molar refractivity (Wildman–Crippen MR) is 114 cm³/mol. The predicted octanol–water partition coefficient (Wildman–Crippen LogP) is 5.72. The normalized spacial score (nSPS) is 18.6. The van der Waals surface area contributed by atoms with Crippen molar-refractivity contribution < 1.29 is 19.7 Å². The first-order valence-corrected chi connectivity index (χ1v) is 10.1. The number of hydrogen-bond donors (Lipinski definition) is 2. The van der Waals surface area contributed by atoms with Crippen molar-refractivity contribution in [3.05, 3.63) is 69.8 Å². The molecule has 2 aromatic rings. The summed E-state index contributed by atoms with van der Waals surface area (Å²) in [6, 6.07) is 7.47. The zero-order valence-electron chi connectivity index (χ0n) is 17.5. The summed E-state index contributed by atoms with van der Waals surface area (Å²) in [4.78, 5) is 0. The lowest BCUT2D eigenvalue weighted by Gasteiger charge is -2.28. The van der Waals surface area contributed by atoms with Crippen LogP contribution in [0.3, 0.4) is 0 Å². The first kappa shape index (κ1) is 19.4. The van der Waals surface area contributed by atoms with Crippen LogP contribution in [0.2, 0.25) is 0 Å². The van der Waals surface area contributed by atoms with Crippen molar-refractivity contribution in [1.29, 1.82) is 0 Å². The minimum absolute atomic E-state index is 0.0735. The fraction of sp³-hybridized carbons (Fsp3) is 0.360. The number of hydrogen-bond acceptors (Lipinski definition) is 4. The third-order valence-electron chi connectivity index (χ3n) is 5.63. The summed E-state index contributed by atoms with van der Waals surface area (Å²) in [6.07, 6.45) is 5.40. The van der Waals surface area contributed by atoms with Gasteiger partial charge in [0.1, 0.15) is 29.1 Å². The minimum atomic E-state index is -0.169. The molecule has 0 aliphatic carbocycles. The lowest BCUT2D eigenvalue weighted by Crippen LogP contribution is -2.23. The van der Waals surface area contributed by atoms with Crippen molar-refractivity contribution >= 4 is 0 Å². The molecule has 0 saturated heterocycles. The van der Waals surface area contributed by atoms with Gasteiger partial charge in [-0.2, -0.15) is 0 Å². The van der Waals surface area contributed by atoms with Crippen molar-refractivity contribution in [3.63, 3.8) is 0 Å². The first-order valence-electron chi connectivity index (χ1n) is 10.1. The molecule has 2 heterocycles. The number of rotatable bonds is 4. The van der Waals surface area contributed by atoms with Gasteiger partial charge in [-0.1, -0.05) is 23.3 Å². The van der Waals surface area contributed by atoms with E-state index in [1.807, 2.05) is 26.0 Å². The van der Waals surface area contributed by atoms with Gasteiger partial charge in [0.25, 0.3) is 0 Å². The van der Waals surface area contributed by atoms with Crippen molar-refractivity contribution in [1.82, 2.24) is 0 Å². The van der Waals surface area contributed by atoms with Crippen LogP contribution < -0.4 is 9.47 Å². The molecule has 4 rings (SSSR count). The molecule has 0 saturated carbocycles. The Labute approximate surface area is 172 Å². The minimum Gasteiger partial charge on any atom is -0.508 e. The molecule has 0 aromatic heterocycles.